The lowest BCUT2D eigenvalue weighted by Gasteiger charge is -2.25. The van der Waals surface area contributed by atoms with Gasteiger partial charge in [-0.1, -0.05) is 12.5 Å². The standard InChI is InChI=1S/C16H11F3O/c17-12-7-6-11-10-5-4-9(8-2-1-3-8)13(18)15(10)20-16(11)14(12)19/h4-8H,1-3H2. The largest absolute Gasteiger partial charge is 0.450 e. The molecule has 1 fully saturated rings. The summed E-state index contributed by atoms with van der Waals surface area (Å²) in [5.41, 5.74) is 0.419. The van der Waals surface area contributed by atoms with Crippen LogP contribution in [0.5, 0.6) is 0 Å². The third-order valence-corrected chi connectivity index (χ3v) is 4.22. The highest BCUT2D eigenvalue weighted by molar-refractivity contribution is 6.05. The predicted octanol–water partition coefficient (Wildman–Crippen LogP) is 5.27. The predicted molar refractivity (Wildman–Crippen MR) is 70.2 cm³/mol. The van der Waals surface area contributed by atoms with Crippen molar-refractivity contribution < 1.29 is 17.6 Å². The number of halogens is 3. The first-order valence-electron chi connectivity index (χ1n) is 6.65. The quantitative estimate of drug-likeness (QED) is 0.590. The molecule has 0 aliphatic heterocycles. The zero-order chi connectivity index (χ0) is 13.9. The van der Waals surface area contributed by atoms with Gasteiger partial charge in [-0.25, -0.2) is 8.78 Å². The summed E-state index contributed by atoms with van der Waals surface area (Å²) in [6.07, 6.45) is 3.03. The summed E-state index contributed by atoms with van der Waals surface area (Å²) in [5, 5.41) is 0.887. The molecule has 1 saturated carbocycles. The maximum absolute atomic E-state index is 14.5. The zero-order valence-corrected chi connectivity index (χ0v) is 10.6. The minimum atomic E-state index is -1.07. The molecule has 1 aromatic heterocycles. The van der Waals surface area contributed by atoms with Gasteiger partial charge in [-0.2, -0.15) is 4.39 Å². The highest BCUT2D eigenvalue weighted by atomic mass is 19.2. The Morgan fingerprint density at radius 3 is 2.15 bits per heavy atom. The average molecular weight is 276 g/mol. The Bertz CT molecular complexity index is 831. The molecular weight excluding hydrogens is 265 g/mol. The van der Waals surface area contributed by atoms with Crippen LogP contribution in [0.3, 0.4) is 0 Å². The van der Waals surface area contributed by atoms with Gasteiger partial charge in [-0.05, 0) is 42.5 Å². The van der Waals surface area contributed by atoms with E-state index in [0.717, 1.165) is 25.3 Å². The lowest BCUT2D eigenvalue weighted by Crippen LogP contribution is -2.10. The Morgan fingerprint density at radius 1 is 0.850 bits per heavy atom. The molecule has 0 saturated heterocycles. The Balaban J connectivity index is 2.05. The number of benzene rings is 2. The first-order valence-corrected chi connectivity index (χ1v) is 6.65. The Hall–Kier alpha value is -1.97. The van der Waals surface area contributed by atoms with Crippen LogP contribution in [-0.2, 0) is 0 Å². The number of fused-ring (bicyclic) bond motifs is 3. The molecule has 0 spiro atoms. The SMILES string of the molecule is Fc1ccc2c(oc3c(F)c(C4CCC4)ccc32)c1F. The van der Waals surface area contributed by atoms with Crippen molar-refractivity contribution in [1.82, 2.24) is 0 Å². The summed E-state index contributed by atoms with van der Waals surface area (Å²) in [7, 11) is 0. The smallest absolute Gasteiger partial charge is 0.201 e. The normalized spacial score (nSPS) is 15.9. The van der Waals surface area contributed by atoms with Crippen molar-refractivity contribution in [3.05, 3.63) is 47.3 Å². The summed E-state index contributed by atoms with van der Waals surface area (Å²) in [5.74, 6) is -2.28. The summed E-state index contributed by atoms with van der Waals surface area (Å²) >= 11 is 0. The maximum atomic E-state index is 14.5. The van der Waals surface area contributed by atoms with Crippen LogP contribution in [0.1, 0.15) is 30.7 Å². The summed E-state index contributed by atoms with van der Waals surface area (Å²) < 4.78 is 46.7. The molecule has 1 aliphatic rings. The molecule has 3 aromatic rings. The average Bonchev–Trinajstić information content (AvgIpc) is 2.75. The summed E-state index contributed by atoms with van der Waals surface area (Å²) in [6, 6.07) is 5.92. The molecule has 1 heterocycles. The molecule has 0 unspecified atom stereocenters. The topological polar surface area (TPSA) is 13.1 Å². The van der Waals surface area contributed by atoms with Gasteiger partial charge in [0.1, 0.15) is 0 Å². The maximum Gasteiger partial charge on any atom is 0.201 e. The van der Waals surface area contributed by atoms with Crippen LogP contribution in [0.25, 0.3) is 21.9 Å². The van der Waals surface area contributed by atoms with E-state index in [1.54, 1.807) is 12.1 Å². The van der Waals surface area contributed by atoms with Gasteiger partial charge in [0.2, 0.25) is 5.82 Å². The van der Waals surface area contributed by atoms with E-state index in [-0.39, 0.29) is 17.1 Å². The van der Waals surface area contributed by atoms with Crippen molar-refractivity contribution in [3.8, 4) is 0 Å². The van der Waals surface area contributed by atoms with Crippen LogP contribution in [0, 0.1) is 17.5 Å². The Kier molecular flexibility index (Phi) is 2.37. The Morgan fingerprint density at radius 2 is 1.50 bits per heavy atom. The monoisotopic (exact) mass is 276 g/mol. The van der Waals surface area contributed by atoms with Gasteiger partial charge in [-0.3, -0.25) is 0 Å². The second-order valence-electron chi connectivity index (χ2n) is 5.31. The fraction of sp³-hybridized carbons (Fsp3) is 0.250. The van der Waals surface area contributed by atoms with Crippen LogP contribution in [0.4, 0.5) is 13.2 Å². The van der Waals surface area contributed by atoms with E-state index in [1.165, 1.54) is 6.07 Å². The molecule has 1 nitrogen and oxygen atoms in total. The minimum Gasteiger partial charge on any atom is -0.450 e. The van der Waals surface area contributed by atoms with Crippen molar-refractivity contribution in [2.45, 2.75) is 25.2 Å². The molecule has 0 radical (unpaired) electrons. The zero-order valence-electron chi connectivity index (χ0n) is 10.6. The van der Waals surface area contributed by atoms with Crippen LogP contribution >= 0.6 is 0 Å². The van der Waals surface area contributed by atoms with Gasteiger partial charge >= 0.3 is 0 Å². The van der Waals surface area contributed by atoms with Gasteiger partial charge in [-0.15, -0.1) is 0 Å². The molecule has 2 aromatic carbocycles. The third-order valence-electron chi connectivity index (χ3n) is 4.22. The number of furan rings is 1. The minimum absolute atomic E-state index is 0.0221. The van der Waals surface area contributed by atoms with E-state index in [0.29, 0.717) is 16.3 Å². The molecular formula is C16H11F3O. The Labute approximate surface area is 113 Å². The molecule has 20 heavy (non-hydrogen) atoms. The molecule has 4 rings (SSSR count). The van der Waals surface area contributed by atoms with Gasteiger partial charge in [0.05, 0.1) is 0 Å². The van der Waals surface area contributed by atoms with E-state index >= 15 is 0 Å². The molecule has 0 bridgehead atoms. The molecule has 102 valence electrons. The van der Waals surface area contributed by atoms with Gasteiger partial charge in [0.25, 0.3) is 0 Å². The second kappa shape index (κ2) is 4.01. The number of hydrogen-bond donors (Lipinski definition) is 0. The van der Waals surface area contributed by atoms with Gasteiger partial charge < -0.3 is 4.42 Å². The number of hydrogen-bond acceptors (Lipinski definition) is 1. The van der Waals surface area contributed by atoms with E-state index in [2.05, 4.69) is 0 Å². The van der Waals surface area contributed by atoms with Crippen LogP contribution < -0.4 is 0 Å². The van der Waals surface area contributed by atoms with Crippen LogP contribution in [0.2, 0.25) is 0 Å². The first kappa shape index (κ1) is 11.8. The van der Waals surface area contributed by atoms with E-state index in [9.17, 15) is 13.2 Å². The van der Waals surface area contributed by atoms with Crippen molar-refractivity contribution in [1.29, 1.82) is 0 Å². The summed E-state index contributed by atoms with van der Waals surface area (Å²) in [6.45, 7) is 0. The fourth-order valence-electron chi connectivity index (χ4n) is 2.86. The van der Waals surface area contributed by atoms with Crippen molar-refractivity contribution in [3.63, 3.8) is 0 Å². The highest BCUT2D eigenvalue weighted by Gasteiger charge is 2.26. The van der Waals surface area contributed by atoms with Gasteiger partial charge in [0, 0.05) is 10.8 Å². The summed E-state index contributed by atoms with van der Waals surface area (Å²) in [4.78, 5) is 0. The van der Waals surface area contributed by atoms with E-state index < -0.39 is 17.5 Å². The molecule has 1 aliphatic carbocycles. The van der Waals surface area contributed by atoms with E-state index in [1.807, 2.05) is 0 Å². The van der Waals surface area contributed by atoms with Gasteiger partial charge in [0.15, 0.2) is 22.8 Å². The van der Waals surface area contributed by atoms with Crippen molar-refractivity contribution in [2.75, 3.05) is 0 Å². The fourth-order valence-corrected chi connectivity index (χ4v) is 2.86. The third kappa shape index (κ3) is 1.45. The first-order chi connectivity index (χ1) is 9.66. The van der Waals surface area contributed by atoms with E-state index in [4.69, 9.17) is 4.42 Å². The lowest BCUT2D eigenvalue weighted by molar-refractivity contribution is 0.403. The molecule has 4 heteroatoms. The molecule has 0 amide bonds. The number of rotatable bonds is 1. The lowest BCUT2D eigenvalue weighted by atomic mass is 9.79. The van der Waals surface area contributed by atoms with Crippen LogP contribution in [0.15, 0.2) is 28.7 Å². The van der Waals surface area contributed by atoms with Crippen molar-refractivity contribution in [2.24, 2.45) is 0 Å². The van der Waals surface area contributed by atoms with Crippen LogP contribution in [-0.4, -0.2) is 0 Å². The highest BCUT2D eigenvalue weighted by Crippen LogP contribution is 2.41. The molecule has 0 atom stereocenters. The van der Waals surface area contributed by atoms with Crippen molar-refractivity contribution >= 4 is 21.9 Å². The second-order valence-corrected chi connectivity index (χ2v) is 5.31. The molecule has 0 N–H and O–H groups in total.